The lowest BCUT2D eigenvalue weighted by atomic mass is 10.1. The summed E-state index contributed by atoms with van der Waals surface area (Å²) in [4.78, 5) is -1.01. The highest BCUT2D eigenvalue weighted by Gasteiger charge is 2.50. The SMILES string of the molecule is N#Cc1cc(F)cc(Oc2ccc(S(=O)(=O)C(F)F)c3c2CC(F)(F)[C@H]3N)c1. The third kappa shape index (κ3) is 3.29. The lowest BCUT2D eigenvalue weighted by molar-refractivity contribution is -0.0141. The molecule has 1 aliphatic rings. The van der Waals surface area contributed by atoms with Crippen LogP contribution in [0.4, 0.5) is 22.0 Å². The van der Waals surface area contributed by atoms with E-state index in [4.69, 9.17) is 15.7 Å². The van der Waals surface area contributed by atoms with Crippen molar-refractivity contribution in [2.45, 2.75) is 29.0 Å². The quantitative estimate of drug-likeness (QED) is 0.765. The number of hydrogen-bond donors (Lipinski definition) is 1. The summed E-state index contributed by atoms with van der Waals surface area (Å²) in [5, 5.41) is 8.86. The van der Waals surface area contributed by atoms with Crippen LogP contribution in [0.5, 0.6) is 11.5 Å². The van der Waals surface area contributed by atoms with Gasteiger partial charge in [0.15, 0.2) is 0 Å². The monoisotopic (exact) mass is 418 g/mol. The second-order valence-corrected chi connectivity index (χ2v) is 7.95. The number of hydrogen-bond acceptors (Lipinski definition) is 5. The second kappa shape index (κ2) is 6.72. The summed E-state index contributed by atoms with van der Waals surface area (Å²) < 4.78 is 96.8. The first-order valence-electron chi connectivity index (χ1n) is 7.67. The number of halogens is 5. The van der Waals surface area contributed by atoms with Crippen LogP contribution < -0.4 is 10.5 Å². The molecule has 0 fully saturated rings. The molecule has 2 aromatic rings. The van der Waals surface area contributed by atoms with E-state index < -0.39 is 50.3 Å². The molecule has 0 unspecified atom stereocenters. The summed E-state index contributed by atoms with van der Waals surface area (Å²) >= 11 is 0. The van der Waals surface area contributed by atoms with Gasteiger partial charge in [-0.05, 0) is 24.3 Å². The Morgan fingerprint density at radius 3 is 2.54 bits per heavy atom. The number of benzene rings is 2. The Bertz CT molecular complexity index is 1100. The Morgan fingerprint density at radius 1 is 1.25 bits per heavy atom. The van der Waals surface area contributed by atoms with E-state index in [1.165, 1.54) is 0 Å². The van der Waals surface area contributed by atoms with Crippen LogP contribution in [0, 0.1) is 17.1 Å². The normalized spacial score (nSPS) is 18.0. The molecule has 0 heterocycles. The van der Waals surface area contributed by atoms with Gasteiger partial charge in [0.05, 0.1) is 22.6 Å². The zero-order valence-corrected chi connectivity index (χ0v) is 14.6. The van der Waals surface area contributed by atoms with E-state index >= 15 is 0 Å². The molecule has 148 valence electrons. The summed E-state index contributed by atoms with van der Waals surface area (Å²) in [5.41, 5.74) is 4.29. The Balaban J connectivity index is 2.17. The van der Waals surface area contributed by atoms with Gasteiger partial charge < -0.3 is 10.5 Å². The van der Waals surface area contributed by atoms with Crippen LogP contribution in [0.15, 0.2) is 35.2 Å². The number of alkyl halides is 4. The predicted molar refractivity (Wildman–Crippen MR) is 86.4 cm³/mol. The first-order valence-corrected chi connectivity index (χ1v) is 9.22. The highest BCUT2D eigenvalue weighted by atomic mass is 32.2. The number of ether oxygens (including phenoxy) is 1. The smallest absolute Gasteiger partial charge is 0.341 e. The van der Waals surface area contributed by atoms with Crippen LogP contribution >= 0.6 is 0 Å². The van der Waals surface area contributed by atoms with E-state index in [1.807, 2.05) is 0 Å². The maximum atomic E-state index is 14.1. The number of nitriles is 1. The van der Waals surface area contributed by atoms with Crippen LogP contribution in [-0.4, -0.2) is 20.1 Å². The van der Waals surface area contributed by atoms with Crippen molar-refractivity contribution in [2.75, 3.05) is 0 Å². The van der Waals surface area contributed by atoms with Crippen molar-refractivity contribution in [1.82, 2.24) is 0 Å². The fourth-order valence-corrected chi connectivity index (χ4v) is 3.96. The number of fused-ring (bicyclic) bond motifs is 1. The average molecular weight is 418 g/mol. The molecule has 0 amide bonds. The number of nitrogens with two attached hydrogens (primary N) is 1. The lowest BCUT2D eigenvalue weighted by Crippen LogP contribution is -2.29. The van der Waals surface area contributed by atoms with Gasteiger partial charge in [-0.15, -0.1) is 0 Å². The fraction of sp³-hybridized carbons (Fsp3) is 0.235. The topological polar surface area (TPSA) is 93.2 Å². The summed E-state index contributed by atoms with van der Waals surface area (Å²) in [6.07, 6.45) is -1.05. The Labute approximate surface area is 156 Å². The molecule has 1 atom stereocenters. The maximum absolute atomic E-state index is 14.1. The van der Waals surface area contributed by atoms with E-state index in [1.54, 1.807) is 6.07 Å². The molecule has 0 saturated carbocycles. The standard InChI is InChI=1S/C17H11F5N2O3S/c18-9-3-8(7-23)4-10(5-9)27-12-1-2-13(28(25,26)16(19)20)14-11(12)6-17(21,22)15(14)24/h1-5,15-16H,6,24H2/t15-/m0/s1. The molecular weight excluding hydrogens is 407 g/mol. The van der Waals surface area contributed by atoms with Gasteiger partial charge in [-0.1, -0.05) is 0 Å². The molecule has 0 radical (unpaired) electrons. The minimum atomic E-state index is -5.20. The van der Waals surface area contributed by atoms with E-state index in [9.17, 15) is 30.4 Å². The molecule has 2 N–H and O–H groups in total. The Kier molecular flexibility index (Phi) is 4.81. The highest BCUT2D eigenvalue weighted by Crippen LogP contribution is 2.49. The van der Waals surface area contributed by atoms with Crippen LogP contribution in [0.3, 0.4) is 0 Å². The van der Waals surface area contributed by atoms with Gasteiger partial charge in [0.2, 0.25) is 9.84 Å². The summed E-state index contributed by atoms with van der Waals surface area (Å²) in [7, 11) is -5.20. The van der Waals surface area contributed by atoms with Crippen molar-refractivity contribution in [3.05, 3.63) is 52.8 Å². The van der Waals surface area contributed by atoms with Crippen LogP contribution in [0.1, 0.15) is 22.7 Å². The van der Waals surface area contributed by atoms with Crippen molar-refractivity contribution in [1.29, 1.82) is 5.26 Å². The Hall–Kier alpha value is -2.71. The first-order chi connectivity index (χ1) is 13.0. The molecule has 0 bridgehead atoms. The van der Waals surface area contributed by atoms with Gasteiger partial charge in [-0.2, -0.15) is 14.0 Å². The molecule has 0 spiro atoms. The lowest BCUT2D eigenvalue weighted by Gasteiger charge is -2.17. The van der Waals surface area contributed by atoms with E-state index in [0.717, 1.165) is 24.3 Å². The second-order valence-electron chi connectivity index (χ2n) is 6.06. The number of sulfone groups is 1. The molecule has 0 aliphatic heterocycles. The highest BCUT2D eigenvalue weighted by molar-refractivity contribution is 7.91. The zero-order valence-electron chi connectivity index (χ0n) is 13.8. The molecular formula is C17H11F5N2O3S. The summed E-state index contributed by atoms with van der Waals surface area (Å²) in [6, 6.07) is 4.08. The summed E-state index contributed by atoms with van der Waals surface area (Å²) in [5.74, 6) is -8.78. The molecule has 28 heavy (non-hydrogen) atoms. The van der Waals surface area contributed by atoms with Gasteiger partial charge in [0, 0.05) is 23.6 Å². The zero-order chi connectivity index (χ0) is 20.9. The number of nitrogens with zero attached hydrogens (tertiary/aromatic N) is 1. The minimum absolute atomic E-state index is 0.106. The third-order valence-electron chi connectivity index (χ3n) is 4.22. The van der Waals surface area contributed by atoms with Crippen LogP contribution in [0.25, 0.3) is 0 Å². The van der Waals surface area contributed by atoms with Gasteiger partial charge in [-0.3, -0.25) is 0 Å². The molecule has 2 aromatic carbocycles. The predicted octanol–water partition coefficient (Wildman–Crippen LogP) is 3.68. The van der Waals surface area contributed by atoms with E-state index in [0.29, 0.717) is 6.07 Å². The minimum Gasteiger partial charge on any atom is -0.457 e. The van der Waals surface area contributed by atoms with E-state index in [-0.39, 0.29) is 22.6 Å². The van der Waals surface area contributed by atoms with Crippen molar-refractivity contribution in [3.8, 4) is 17.6 Å². The maximum Gasteiger partial charge on any atom is 0.341 e. The van der Waals surface area contributed by atoms with Gasteiger partial charge >= 0.3 is 5.76 Å². The molecule has 5 nitrogen and oxygen atoms in total. The number of rotatable bonds is 4. The van der Waals surface area contributed by atoms with Gasteiger partial charge in [-0.25, -0.2) is 21.6 Å². The van der Waals surface area contributed by atoms with Crippen molar-refractivity contribution in [3.63, 3.8) is 0 Å². The largest absolute Gasteiger partial charge is 0.457 e. The summed E-state index contributed by atoms with van der Waals surface area (Å²) in [6.45, 7) is 0. The van der Waals surface area contributed by atoms with Gasteiger partial charge in [0.1, 0.15) is 17.3 Å². The third-order valence-corrected chi connectivity index (χ3v) is 5.66. The van der Waals surface area contributed by atoms with Crippen molar-refractivity contribution >= 4 is 9.84 Å². The molecule has 1 aliphatic carbocycles. The average Bonchev–Trinajstić information content (AvgIpc) is 2.85. The van der Waals surface area contributed by atoms with E-state index in [2.05, 4.69) is 0 Å². The van der Waals surface area contributed by atoms with Crippen molar-refractivity contribution in [2.24, 2.45) is 5.73 Å². The van der Waals surface area contributed by atoms with Crippen molar-refractivity contribution < 1.29 is 35.1 Å². The molecule has 11 heteroatoms. The Morgan fingerprint density at radius 2 is 1.93 bits per heavy atom. The van der Waals surface area contributed by atoms with Crippen LogP contribution in [0.2, 0.25) is 0 Å². The van der Waals surface area contributed by atoms with Gasteiger partial charge in [0.25, 0.3) is 5.92 Å². The fourth-order valence-electron chi connectivity index (χ4n) is 2.96. The first kappa shape index (κ1) is 20.0. The molecule has 0 saturated heterocycles. The molecule has 3 rings (SSSR count). The molecule has 0 aromatic heterocycles. The van der Waals surface area contributed by atoms with Crippen LogP contribution in [-0.2, 0) is 16.3 Å².